The highest BCUT2D eigenvalue weighted by Gasteiger charge is 2.36. The maximum Gasteiger partial charge on any atom is 0.254 e. The highest BCUT2D eigenvalue weighted by molar-refractivity contribution is 6.02. The Balaban J connectivity index is 1.76. The Hall–Kier alpha value is -6.22. The van der Waals surface area contributed by atoms with E-state index in [1.807, 2.05) is 12.1 Å². The van der Waals surface area contributed by atoms with Crippen LogP contribution in [0.3, 0.4) is 0 Å². The third-order valence-electron chi connectivity index (χ3n) is 10.8. The Morgan fingerprint density at radius 2 is 1.54 bits per heavy atom. The number of nitrogens with one attached hydrogen (secondary N) is 4. The summed E-state index contributed by atoms with van der Waals surface area (Å²) in [4.78, 5) is 71.0. The van der Waals surface area contributed by atoms with Crippen LogP contribution in [-0.2, 0) is 32.0 Å². The van der Waals surface area contributed by atoms with Crippen LogP contribution in [0.25, 0.3) is 11.1 Å². The van der Waals surface area contributed by atoms with Gasteiger partial charge >= 0.3 is 0 Å². The summed E-state index contributed by atoms with van der Waals surface area (Å²) in [5, 5.41) is 19.9. The van der Waals surface area contributed by atoms with Crippen molar-refractivity contribution >= 4 is 35.2 Å². The summed E-state index contributed by atoms with van der Waals surface area (Å²) in [5.74, 6) is -2.48. The summed E-state index contributed by atoms with van der Waals surface area (Å²) in [6.07, 6.45) is 7.77. The Morgan fingerprint density at radius 3 is 2.19 bits per heavy atom. The fourth-order valence-corrected chi connectivity index (χ4v) is 7.45. The minimum Gasteiger partial charge on any atom is -0.492 e. The molecule has 0 saturated carbocycles. The van der Waals surface area contributed by atoms with Gasteiger partial charge in [0, 0.05) is 43.4 Å². The number of hydrogen-bond donors (Lipinski definition) is 8. The minimum atomic E-state index is -1.38. The van der Waals surface area contributed by atoms with Crippen LogP contribution < -0.4 is 53.7 Å². The number of nitriles is 1. The molecule has 1 aliphatic rings. The molecule has 17 nitrogen and oxygen atoms in total. The first-order valence-corrected chi connectivity index (χ1v) is 21.7. The fraction of sp³-hybridized carbons (Fsp3) is 0.478. The number of anilines is 1. The van der Waals surface area contributed by atoms with Crippen molar-refractivity contribution in [3.63, 3.8) is 0 Å². The van der Waals surface area contributed by atoms with Gasteiger partial charge in [-0.15, -0.1) is 0 Å². The highest BCUT2D eigenvalue weighted by Crippen LogP contribution is 2.40. The van der Waals surface area contributed by atoms with E-state index in [9.17, 15) is 24.0 Å². The maximum atomic E-state index is 14.6. The molecule has 17 heteroatoms. The lowest BCUT2D eigenvalue weighted by atomic mass is 9.93. The lowest BCUT2D eigenvalue weighted by Gasteiger charge is -2.32. The van der Waals surface area contributed by atoms with Gasteiger partial charge in [-0.3, -0.25) is 24.0 Å². The number of likely N-dealkylation sites (N-methyl/N-ethyl adjacent to an activating group) is 1. The van der Waals surface area contributed by atoms with Gasteiger partial charge in [0.25, 0.3) is 5.91 Å². The van der Waals surface area contributed by atoms with Crippen molar-refractivity contribution in [2.24, 2.45) is 17.2 Å². The lowest BCUT2D eigenvalue weighted by Crippen LogP contribution is -2.56. The molecule has 0 unspecified atom stereocenters. The average molecular weight is 869 g/mol. The zero-order valence-corrected chi connectivity index (χ0v) is 36.7. The predicted molar refractivity (Wildman–Crippen MR) is 241 cm³/mol. The van der Waals surface area contributed by atoms with Gasteiger partial charge in [-0.2, -0.15) is 5.26 Å². The van der Waals surface area contributed by atoms with Crippen LogP contribution in [0.1, 0.15) is 91.9 Å². The van der Waals surface area contributed by atoms with Gasteiger partial charge in [0.05, 0.1) is 11.6 Å². The number of aryl methyl sites for hydroxylation is 1. The van der Waals surface area contributed by atoms with Gasteiger partial charge in [-0.05, 0) is 85.8 Å². The molecule has 0 radical (unpaired) electrons. The number of benzene rings is 3. The van der Waals surface area contributed by atoms with E-state index in [0.29, 0.717) is 33.8 Å². The number of nitrogens with zero attached hydrogens (tertiary/aromatic N) is 2. The maximum absolute atomic E-state index is 14.6. The van der Waals surface area contributed by atoms with E-state index in [1.54, 1.807) is 48.5 Å². The van der Waals surface area contributed by atoms with Crippen LogP contribution in [0.4, 0.5) is 5.69 Å². The molecule has 0 fully saturated rings. The third kappa shape index (κ3) is 13.9. The summed E-state index contributed by atoms with van der Waals surface area (Å²) >= 11 is 0. The average Bonchev–Trinajstić information content (AvgIpc) is 3.27. The molecular weight excluding hydrogens is 805 g/mol. The largest absolute Gasteiger partial charge is 0.492 e. The van der Waals surface area contributed by atoms with Gasteiger partial charge < -0.3 is 58.6 Å². The van der Waals surface area contributed by atoms with Crippen LogP contribution in [0.15, 0.2) is 54.6 Å². The molecule has 3 aromatic carbocycles. The molecule has 4 rings (SSSR count). The molecule has 4 bridgehead atoms. The Morgan fingerprint density at radius 1 is 0.873 bits per heavy atom. The molecular formula is C46H64N10O7. The van der Waals surface area contributed by atoms with E-state index in [2.05, 4.69) is 28.2 Å². The van der Waals surface area contributed by atoms with Crippen LogP contribution in [0.2, 0.25) is 0 Å². The summed E-state index contributed by atoms with van der Waals surface area (Å²) < 4.78 is 12.2. The summed E-state index contributed by atoms with van der Waals surface area (Å²) in [5.41, 5.74) is 27.4. The number of nitrogen functional groups attached to an aromatic ring is 1. The van der Waals surface area contributed by atoms with Crippen molar-refractivity contribution in [1.82, 2.24) is 26.2 Å². The van der Waals surface area contributed by atoms with Gasteiger partial charge in [0.15, 0.2) is 0 Å². The summed E-state index contributed by atoms with van der Waals surface area (Å²) in [7, 11) is 1.42. The Kier molecular flexibility index (Phi) is 19.6. The summed E-state index contributed by atoms with van der Waals surface area (Å²) in [6, 6.07) is 12.4. The van der Waals surface area contributed by atoms with Crippen molar-refractivity contribution in [2.75, 3.05) is 52.2 Å². The first-order valence-electron chi connectivity index (χ1n) is 21.7. The van der Waals surface area contributed by atoms with E-state index < -0.39 is 53.7 Å². The molecule has 1 heterocycles. The van der Waals surface area contributed by atoms with Gasteiger partial charge in [0.1, 0.15) is 55.4 Å². The summed E-state index contributed by atoms with van der Waals surface area (Å²) in [6.45, 7) is 4.05. The van der Waals surface area contributed by atoms with Crippen molar-refractivity contribution in [2.45, 2.75) is 95.8 Å². The monoisotopic (exact) mass is 868 g/mol. The van der Waals surface area contributed by atoms with Crippen molar-refractivity contribution < 1.29 is 33.4 Å². The zero-order valence-electron chi connectivity index (χ0n) is 36.7. The number of nitrogens with two attached hydrogens (primary N) is 4. The number of carbonyl (C=O) groups excluding carboxylic acids is 5. The Bertz CT molecular complexity index is 2090. The highest BCUT2D eigenvalue weighted by atomic mass is 16.5. The molecule has 12 N–H and O–H groups in total. The predicted octanol–water partition coefficient (Wildman–Crippen LogP) is 2.35. The van der Waals surface area contributed by atoms with Crippen LogP contribution in [0, 0.1) is 11.3 Å². The molecule has 1 aliphatic heterocycles. The number of carbonyl (C=O) groups is 5. The molecule has 63 heavy (non-hydrogen) atoms. The molecule has 4 atom stereocenters. The van der Waals surface area contributed by atoms with Gasteiger partial charge in [0.2, 0.25) is 23.6 Å². The van der Waals surface area contributed by atoms with Crippen LogP contribution in [0.5, 0.6) is 11.5 Å². The topological polar surface area (TPSA) is 283 Å². The smallest absolute Gasteiger partial charge is 0.254 e. The lowest BCUT2D eigenvalue weighted by molar-refractivity contribution is -0.141. The second kappa shape index (κ2) is 25.0. The Labute approximate surface area is 370 Å². The number of rotatable bonds is 21. The molecule has 0 saturated heterocycles. The molecule has 3 aromatic rings. The van der Waals surface area contributed by atoms with Crippen molar-refractivity contribution in [1.29, 1.82) is 5.26 Å². The quantitative estimate of drug-likeness (QED) is 0.0435. The van der Waals surface area contributed by atoms with Crippen LogP contribution >= 0.6 is 0 Å². The fourth-order valence-electron chi connectivity index (χ4n) is 7.45. The van der Waals surface area contributed by atoms with Crippen LogP contribution in [-0.4, -0.2) is 99.0 Å². The van der Waals surface area contributed by atoms with E-state index in [1.165, 1.54) is 44.6 Å². The van der Waals surface area contributed by atoms with E-state index in [4.69, 9.17) is 37.7 Å². The van der Waals surface area contributed by atoms with E-state index in [-0.39, 0.29) is 63.5 Å². The van der Waals surface area contributed by atoms with Gasteiger partial charge in [-0.25, -0.2) is 0 Å². The zero-order chi connectivity index (χ0) is 45.9. The molecule has 340 valence electrons. The SMILES string of the molecule is CCCCCCCCc1ccc(C(=O)N[C@@H](CCN)C(=O)N(C)[C@@H]2C(=O)N[C@@H](C)C(=O)N[C@H](C(=O)NCC#N)Cc3ccc(OCCN)c(c3)-c3cc2ccc3OCCN)c(N)c1. The normalized spacial score (nSPS) is 16.6. The number of amides is 5. The number of unbranched alkanes of at least 4 members (excludes halogenated alkanes) is 5. The first-order chi connectivity index (χ1) is 30.4. The number of hydrogen-bond acceptors (Lipinski definition) is 12. The second-order valence-corrected chi connectivity index (χ2v) is 15.6. The van der Waals surface area contributed by atoms with E-state index >= 15 is 0 Å². The molecule has 0 aliphatic carbocycles. The number of ether oxygens (including phenoxy) is 2. The molecule has 0 aromatic heterocycles. The minimum absolute atomic E-state index is 0.00955. The second-order valence-electron chi connectivity index (χ2n) is 15.6. The van der Waals surface area contributed by atoms with Crippen molar-refractivity contribution in [3.05, 3.63) is 76.9 Å². The molecule has 0 spiro atoms. The van der Waals surface area contributed by atoms with E-state index in [0.717, 1.165) is 24.8 Å². The third-order valence-corrected chi connectivity index (χ3v) is 10.8. The first kappa shape index (κ1) is 49.4. The number of fused-ring (bicyclic) bond motifs is 5. The molecule has 5 amide bonds. The standard InChI is InChI=1S/C46H64N10O7/c1-4-5-6-7-8-9-10-30-11-14-33(36(51)26-30)43(58)54-37(17-18-47)46(61)56(3)41-32-13-16-40(63-24-21-50)35(28-32)34-25-31(12-15-39(34)62-23-20-49)27-38(44(59)52-22-19-48)55-42(57)29(2)53-45(41)60/h11-16,25-26,28-29,37-38,41H,4-10,17-18,20-24,27,47,49-51H2,1-3H3,(H,52,59)(H,53,60)(H,54,58)(H,55,57)/t29-,37-,38-,41-/m0/s1. The van der Waals surface area contributed by atoms with Crippen molar-refractivity contribution in [3.8, 4) is 28.7 Å². The van der Waals surface area contributed by atoms with Gasteiger partial charge in [-0.1, -0.05) is 57.2 Å².